The third-order valence-corrected chi connectivity index (χ3v) is 13.6. The highest BCUT2D eigenvalue weighted by molar-refractivity contribution is 6.08. The van der Waals surface area contributed by atoms with Gasteiger partial charge in [0.15, 0.2) is 0 Å². The Labute approximate surface area is 460 Å². The Kier molecular flexibility index (Phi) is 18.0. The zero-order valence-corrected chi connectivity index (χ0v) is 46.3. The van der Waals surface area contributed by atoms with Gasteiger partial charge < -0.3 is 50.0 Å². The van der Waals surface area contributed by atoms with Crippen molar-refractivity contribution in [3.8, 4) is 22.8 Å². The molecule has 4 heterocycles. The van der Waals surface area contributed by atoms with E-state index >= 15 is 0 Å². The number of carbonyl (C=O) groups is 4. The van der Waals surface area contributed by atoms with Gasteiger partial charge in [-0.05, 0) is 144 Å². The number of aliphatic imine (C=N–C) groups is 2. The lowest BCUT2D eigenvalue weighted by Gasteiger charge is -2.20. The number of aromatic carboxylic acids is 2. The highest BCUT2D eigenvalue weighted by Gasteiger charge is 2.22. The van der Waals surface area contributed by atoms with Gasteiger partial charge in [0, 0.05) is 88.5 Å². The van der Waals surface area contributed by atoms with E-state index in [9.17, 15) is 19.2 Å². The molecule has 0 radical (unpaired) electrons. The molecule has 18 heteroatoms. The average Bonchev–Trinajstić information content (AvgIpc) is 4.32. The predicted molar refractivity (Wildman–Crippen MR) is 313 cm³/mol. The first-order valence-electron chi connectivity index (χ1n) is 26.0. The zero-order valence-electron chi connectivity index (χ0n) is 46.3. The molecule has 0 bridgehead atoms. The summed E-state index contributed by atoms with van der Waals surface area (Å²) < 4.78 is 0. The number of aromatic amines is 2. The van der Waals surface area contributed by atoms with Crippen LogP contribution in [-0.4, -0.2) is 193 Å². The van der Waals surface area contributed by atoms with Crippen molar-refractivity contribution in [2.45, 2.75) is 12.8 Å². The number of carboxylic acid groups (broad SMARTS) is 2. The lowest BCUT2D eigenvalue weighted by molar-refractivity contribution is 0.0686. The van der Waals surface area contributed by atoms with Crippen LogP contribution in [0.25, 0.3) is 44.8 Å². The van der Waals surface area contributed by atoms with Gasteiger partial charge in [-0.15, -0.1) is 0 Å². The molecule has 0 fully saturated rings. The quantitative estimate of drug-likeness (QED) is 0.0582. The van der Waals surface area contributed by atoms with Gasteiger partial charge in [-0.25, -0.2) is 19.6 Å². The van der Waals surface area contributed by atoms with Crippen molar-refractivity contribution in [1.82, 2.24) is 49.8 Å². The number of nitrogens with one attached hydrogen (secondary N) is 3. The lowest BCUT2D eigenvalue weighted by atomic mass is 10.0. The van der Waals surface area contributed by atoms with Crippen LogP contribution in [-0.2, 0) is 12.8 Å². The maximum atomic E-state index is 12.9. The zero-order chi connectivity index (χ0) is 56.5. The van der Waals surface area contributed by atoms with Crippen LogP contribution in [0.2, 0.25) is 0 Å². The normalized spacial score (nSPS) is 12.4. The highest BCUT2D eigenvalue weighted by Crippen LogP contribution is 2.33. The van der Waals surface area contributed by atoms with Crippen LogP contribution in [0.15, 0.2) is 131 Å². The Morgan fingerprint density at radius 1 is 0.468 bits per heavy atom. The molecule has 0 spiro atoms. The number of hydrogen-bond acceptors (Lipinski definition) is 12. The Morgan fingerprint density at radius 3 is 1.25 bits per heavy atom. The highest BCUT2D eigenvalue weighted by atomic mass is 16.4. The van der Waals surface area contributed by atoms with Gasteiger partial charge in [-0.3, -0.25) is 19.6 Å². The van der Waals surface area contributed by atoms with Crippen molar-refractivity contribution in [3.05, 3.63) is 166 Å². The molecule has 79 heavy (non-hydrogen) atoms. The van der Waals surface area contributed by atoms with Gasteiger partial charge in [-0.2, -0.15) is 0 Å². The molecule has 408 valence electrons. The molecule has 6 aromatic carbocycles. The largest absolute Gasteiger partial charge is 0.478 e. The van der Waals surface area contributed by atoms with Crippen molar-refractivity contribution < 1.29 is 29.4 Å². The van der Waals surface area contributed by atoms with E-state index in [0.29, 0.717) is 53.9 Å². The Morgan fingerprint density at radius 2 is 0.835 bits per heavy atom. The summed E-state index contributed by atoms with van der Waals surface area (Å²) in [4.78, 5) is 83.2. The summed E-state index contributed by atoms with van der Waals surface area (Å²) in [5, 5.41) is 21.3. The summed E-state index contributed by atoms with van der Waals surface area (Å²) in [6.07, 6.45) is 1.26. The van der Waals surface area contributed by atoms with Crippen LogP contribution in [0.1, 0.15) is 63.7 Å². The van der Waals surface area contributed by atoms with Crippen LogP contribution in [0.3, 0.4) is 0 Å². The summed E-state index contributed by atoms with van der Waals surface area (Å²) in [6.45, 7) is 5.16. The maximum Gasteiger partial charge on any atom is 0.335 e. The Balaban J connectivity index is 0.000000193. The number of amides is 2. The van der Waals surface area contributed by atoms with E-state index in [1.807, 2.05) is 122 Å². The van der Waals surface area contributed by atoms with Crippen LogP contribution in [0.5, 0.6) is 0 Å². The Hall–Kier alpha value is -8.68. The minimum atomic E-state index is -0.980. The molecule has 0 saturated heterocycles. The van der Waals surface area contributed by atoms with Gasteiger partial charge in [0.05, 0.1) is 56.0 Å². The second-order valence-corrected chi connectivity index (χ2v) is 20.5. The molecule has 2 aromatic heterocycles. The number of fused-ring (bicyclic) bond motifs is 4. The van der Waals surface area contributed by atoms with Crippen LogP contribution >= 0.6 is 0 Å². The van der Waals surface area contributed by atoms with Crippen molar-refractivity contribution in [2.75, 3.05) is 103 Å². The topological polar surface area (TPSA) is 219 Å². The lowest BCUT2D eigenvalue weighted by Crippen LogP contribution is -2.33. The first kappa shape index (κ1) is 56.5. The summed E-state index contributed by atoms with van der Waals surface area (Å²) >= 11 is 0. The maximum absolute atomic E-state index is 12.9. The van der Waals surface area contributed by atoms with Gasteiger partial charge in [0.2, 0.25) is 0 Å². The fraction of sp³-hybridized carbons (Fsp3) is 0.279. The molecule has 2 amide bonds. The van der Waals surface area contributed by atoms with Crippen molar-refractivity contribution in [3.63, 3.8) is 0 Å². The molecule has 0 unspecified atom stereocenters. The van der Waals surface area contributed by atoms with Gasteiger partial charge >= 0.3 is 11.9 Å². The number of carbonyl (C=O) groups excluding carboxylic acids is 2. The minimum Gasteiger partial charge on any atom is -0.478 e. The first-order valence-corrected chi connectivity index (χ1v) is 26.0. The smallest absolute Gasteiger partial charge is 0.335 e. The first-order chi connectivity index (χ1) is 37.8. The number of aromatic nitrogens is 4. The monoisotopic (exact) mass is 1060 g/mol. The third kappa shape index (κ3) is 14.1. The fourth-order valence-corrected chi connectivity index (χ4v) is 8.88. The van der Waals surface area contributed by atoms with E-state index in [4.69, 9.17) is 20.2 Å². The van der Waals surface area contributed by atoms with Gasteiger partial charge in [0.25, 0.3) is 11.8 Å². The van der Waals surface area contributed by atoms with Crippen molar-refractivity contribution >= 4 is 68.6 Å². The number of benzene rings is 6. The second kappa shape index (κ2) is 25.2. The minimum absolute atomic E-state index is 0.00887. The number of imidazole rings is 2. The molecule has 2 aliphatic heterocycles. The van der Waals surface area contributed by atoms with Crippen LogP contribution in [0.4, 0.5) is 11.4 Å². The predicted octanol–water partition coefficient (Wildman–Crippen LogP) is 8.24. The number of H-pyrrole nitrogens is 2. The van der Waals surface area contributed by atoms with E-state index in [1.54, 1.807) is 40.1 Å². The molecule has 0 saturated carbocycles. The van der Waals surface area contributed by atoms with Crippen molar-refractivity contribution in [1.29, 1.82) is 0 Å². The molecule has 0 atom stereocenters. The molecular weight excluding hydrogens is 997 g/mol. The second-order valence-electron chi connectivity index (χ2n) is 20.5. The standard InChI is InChI=1S/C33H39N7O2.C23H15N3O4.C5H14N2/c1-37(2)15-17-39(5)32(41)24-11-13-27-26(19-24)21-29(34-27)22-7-9-23(10-8-22)31-35-28-14-12-25(20-30(28)36-31)33(42)40(6)18-16-38(3)4;27-22(28)14-5-7-17-16(9-14)11-19(24-17)12-1-3-13(4-2-12)21-25-18-8-6-15(23(29)30)10-20(18)26-21;1-6-4-5-7(2)3/h7-14,19-20H,15-18,21H2,1-6H3,(H,35,36);1-10H,11H2,(H,25,26)(H,27,28)(H,29,30);6H,4-5H2,1-3H3. The van der Waals surface area contributed by atoms with Gasteiger partial charge in [0.1, 0.15) is 11.6 Å². The molecule has 2 aliphatic rings. The van der Waals surface area contributed by atoms with Crippen LogP contribution < -0.4 is 5.32 Å². The number of hydrogen-bond donors (Lipinski definition) is 5. The van der Waals surface area contributed by atoms with E-state index in [-0.39, 0.29) is 22.9 Å². The number of likely N-dealkylation sites (N-methyl/N-ethyl adjacent to an activating group) is 6. The molecular formula is C61H68N12O6. The number of carboxylic acids is 2. The number of rotatable bonds is 17. The average molecular weight is 1070 g/mol. The molecule has 10 rings (SSSR count). The summed E-state index contributed by atoms with van der Waals surface area (Å²) in [6, 6.07) is 37.1. The van der Waals surface area contributed by atoms with E-state index in [0.717, 1.165) is 99.2 Å². The van der Waals surface area contributed by atoms with Gasteiger partial charge in [-0.1, -0.05) is 48.5 Å². The van der Waals surface area contributed by atoms with E-state index in [2.05, 4.69) is 66.2 Å². The van der Waals surface area contributed by atoms with E-state index < -0.39 is 11.9 Å². The summed E-state index contributed by atoms with van der Waals surface area (Å²) in [5.41, 5.74) is 14.2. The van der Waals surface area contributed by atoms with E-state index in [1.165, 1.54) is 6.07 Å². The Bertz CT molecular complexity index is 3580. The number of nitrogens with zero attached hydrogens (tertiary/aromatic N) is 9. The molecule has 8 aromatic rings. The molecule has 0 aliphatic carbocycles. The summed E-state index contributed by atoms with van der Waals surface area (Å²) in [7, 11) is 17.8. The van der Waals surface area contributed by atoms with Crippen LogP contribution in [0, 0.1) is 0 Å². The van der Waals surface area contributed by atoms with Crippen molar-refractivity contribution in [2.24, 2.45) is 9.98 Å². The molecule has 18 nitrogen and oxygen atoms in total. The third-order valence-electron chi connectivity index (χ3n) is 13.6. The summed E-state index contributed by atoms with van der Waals surface area (Å²) in [5.74, 6) is -0.508. The SMILES string of the molecule is CN(C)CCN(C)C(=O)c1ccc2c(c1)CC(c1ccc(-c3nc4ccc(C(=O)N(C)CCN(C)C)cc4[nH]3)cc1)=N2.CNCCN(C)C.O=C(O)c1ccc2c(c1)CC(c1ccc(-c3nc4ccc(C(=O)O)cc4[nH]3)cc1)=N2. The molecule has 5 N–H and O–H groups in total. The fourth-order valence-electron chi connectivity index (χ4n) is 8.88.